The summed E-state index contributed by atoms with van der Waals surface area (Å²) < 4.78 is 16.9. The van der Waals surface area contributed by atoms with E-state index in [-0.39, 0.29) is 31.1 Å². The normalized spacial score (nSPS) is 12.3. The molecule has 0 heterocycles. The topological polar surface area (TPSA) is 78.9 Å². The first kappa shape index (κ1) is 74.4. The van der Waals surface area contributed by atoms with Gasteiger partial charge in [0.25, 0.3) is 0 Å². The third kappa shape index (κ3) is 64.1. The molecule has 0 aromatic rings. The summed E-state index contributed by atoms with van der Waals surface area (Å²) in [5, 5.41) is 0. The number of esters is 3. The van der Waals surface area contributed by atoms with E-state index in [2.05, 4.69) is 69.4 Å². The van der Waals surface area contributed by atoms with Gasteiger partial charge in [0.05, 0.1) is 0 Å². The number of unbranched alkanes of at least 4 members (excludes halogenated alkanes) is 44. The van der Waals surface area contributed by atoms with E-state index in [4.69, 9.17) is 14.2 Å². The molecule has 1 atom stereocenters. The van der Waals surface area contributed by atoms with Crippen molar-refractivity contribution in [1.29, 1.82) is 0 Å². The highest BCUT2D eigenvalue weighted by atomic mass is 16.6. The van der Waals surface area contributed by atoms with Gasteiger partial charge in [-0.05, 0) is 96.3 Å². The molecule has 0 aliphatic carbocycles. The molecule has 0 saturated heterocycles. The Morgan fingerprint density at radius 1 is 0.260 bits per heavy atom. The van der Waals surface area contributed by atoms with Crippen molar-refractivity contribution in [3.63, 3.8) is 0 Å². The molecule has 1 unspecified atom stereocenters. The van der Waals surface area contributed by atoms with Gasteiger partial charge in [0, 0.05) is 19.3 Å². The van der Waals surface area contributed by atoms with Gasteiger partial charge in [0.1, 0.15) is 13.2 Å². The summed E-state index contributed by atoms with van der Waals surface area (Å²) in [7, 11) is 0. The molecule has 0 radical (unpaired) electrons. The lowest BCUT2D eigenvalue weighted by Gasteiger charge is -2.18. The molecule has 6 nitrogen and oxygen atoms in total. The summed E-state index contributed by atoms with van der Waals surface area (Å²) in [5.74, 6) is -0.864. The lowest BCUT2D eigenvalue weighted by atomic mass is 10.0. The Hall–Kier alpha value is -2.63. The summed E-state index contributed by atoms with van der Waals surface area (Å²) in [5.41, 5.74) is 0. The number of ether oxygens (including phenoxy) is 3. The Kier molecular flexibility index (Phi) is 63.6. The lowest BCUT2D eigenvalue weighted by Crippen LogP contribution is -2.30. The van der Waals surface area contributed by atoms with Crippen molar-refractivity contribution in [2.75, 3.05) is 13.2 Å². The molecular formula is C71H130O6. The second kappa shape index (κ2) is 65.9. The van der Waals surface area contributed by atoms with Crippen LogP contribution in [0.2, 0.25) is 0 Å². The first-order chi connectivity index (χ1) is 38.0. The zero-order chi connectivity index (χ0) is 55.7. The molecule has 0 bridgehead atoms. The van der Waals surface area contributed by atoms with Crippen LogP contribution in [0, 0.1) is 0 Å². The van der Waals surface area contributed by atoms with Crippen LogP contribution in [0.5, 0.6) is 0 Å². The SMILES string of the molecule is CCCC/C=C\CCCCCCCC(=O)OCC(COC(=O)CCCCCCCCCCCCCCCCCCC/C=C\C/C=C\CCCCCCC)OC(=O)CCCCCCCCCCC/C=C\CCCCCCCC. The molecule has 0 aliphatic rings. The molecule has 0 aliphatic heterocycles. The van der Waals surface area contributed by atoms with Crippen molar-refractivity contribution in [2.45, 2.75) is 374 Å². The van der Waals surface area contributed by atoms with Gasteiger partial charge in [0.2, 0.25) is 0 Å². The molecule has 0 saturated carbocycles. The van der Waals surface area contributed by atoms with Gasteiger partial charge in [0.15, 0.2) is 6.10 Å². The predicted octanol–water partition coefficient (Wildman–Crippen LogP) is 23.3. The minimum absolute atomic E-state index is 0.0729. The third-order valence-corrected chi connectivity index (χ3v) is 15.3. The largest absolute Gasteiger partial charge is 0.462 e. The fourth-order valence-electron chi connectivity index (χ4n) is 10.1. The molecule has 0 spiro atoms. The second-order valence-corrected chi connectivity index (χ2v) is 23.1. The Morgan fingerprint density at radius 2 is 0.481 bits per heavy atom. The average Bonchev–Trinajstić information content (AvgIpc) is 3.43. The van der Waals surface area contributed by atoms with Crippen LogP contribution in [0.3, 0.4) is 0 Å². The van der Waals surface area contributed by atoms with E-state index in [1.54, 1.807) is 0 Å². The molecule has 0 rings (SSSR count). The van der Waals surface area contributed by atoms with Gasteiger partial charge >= 0.3 is 17.9 Å². The standard InChI is InChI=1S/C71H130O6/c1-4-7-10-13-16-19-22-24-26-28-30-31-32-33-34-35-36-37-38-39-41-42-44-46-49-52-55-58-61-64-70(73)76-67-68(66-75-69(72)63-60-57-54-51-48-21-18-15-12-9-6-3)77-71(74)65-62-59-56-53-50-47-45-43-40-29-27-25-23-20-17-14-11-8-5-2/h15,18,22,24-25,27-28,30,68H,4-14,16-17,19-21,23,26,29,31-67H2,1-3H3/b18-15-,24-22-,27-25-,30-28-. The van der Waals surface area contributed by atoms with E-state index in [9.17, 15) is 14.4 Å². The highest BCUT2D eigenvalue weighted by molar-refractivity contribution is 5.71. The minimum atomic E-state index is -0.776. The number of rotatable bonds is 63. The molecule has 450 valence electrons. The van der Waals surface area contributed by atoms with Crippen molar-refractivity contribution < 1.29 is 28.6 Å². The maximum atomic E-state index is 12.9. The number of hydrogen-bond acceptors (Lipinski definition) is 6. The quantitative estimate of drug-likeness (QED) is 0.0261. The molecule has 0 aromatic carbocycles. The molecule has 77 heavy (non-hydrogen) atoms. The fraction of sp³-hybridized carbons (Fsp3) is 0.845. The number of allylic oxidation sites excluding steroid dienone is 8. The second-order valence-electron chi connectivity index (χ2n) is 23.1. The Balaban J connectivity index is 4.16. The van der Waals surface area contributed by atoms with Gasteiger partial charge < -0.3 is 14.2 Å². The Morgan fingerprint density at radius 3 is 0.766 bits per heavy atom. The maximum absolute atomic E-state index is 12.9. The van der Waals surface area contributed by atoms with Crippen LogP contribution in [-0.2, 0) is 28.6 Å². The zero-order valence-electron chi connectivity index (χ0n) is 51.7. The average molecular weight is 1080 g/mol. The van der Waals surface area contributed by atoms with Crippen LogP contribution in [0.25, 0.3) is 0 Å². The zero-order valence-corrected chi connectivity index (χ0v) is 51.7. The summed E-state index contributed by atoms with van der Waals surface area (Å²) in [6.45, 7) is 6.63. The van der Waals surface area contributed by atoms with E-state index in [1.165, 1.54) is 257 Å². The molecule has 0 aromatic heterocycles. The lowest BCUT2D eigenvalue weighted by molar-refractivity contribution is -0.167. The van der Waals surface area contributed by atoms with E-state index in [0.29, 0.717) is 19.3 Å². The Bertz CT molecular complexity index is 1330. The van der Waals surface area contributed by atoms with E-state index >= 15 is 0 Å². The molecular weight excluding hydrogens is 949 g/mol. The summed E-state index contributed by atoms with van der Waals surface area (Å²) in [6.07, 6.45) is 82.8. The molecule has 0 fully saturated rings. The van der Waals surface area contributed by atoms with Crippen molar-refractivity contribution in [3.8, 4) is 0 Å². The fourth-order valence-corrected chi connectivity index (χ4v) is 10.1. The van der Waals surface area contributed by atoms with Gasteiger partial charge in [-0.15, -0.1) is 0 Å². The predicted molar refractivity (Wildman–Crippen MR) is 335 cm³/mol. The first-order valence-electron chi connectivity index (χ1n) is 34.1. The third-order valence-electron chi connectivity index (χ3n) is 15.3. The number of carbonyl (C=O) groups is 3. The van der Waals surface area contributed by atoms with Crippen LogP contribution in [0.1, 0.15) is 367 Å². The summed E-state index contributed by atoms with van der Waals surface area (Å²) in [4.78, 5) is 38.3. The smallest absolute Gasteiger partial charge is 0.306 e. The van der Waals surface area contributed by atoms with Crippen LogP contribution < -0.4 is 0 Å². The monoisotopic (exact) mass is 1080 g/mol. The van der Waals surface area contributed by atoms with E-state index in [1.807, 2.05) is 0 Å². The molecule has 6 heteroatoms. The van der Waals surface area contributed by atoms with E-state index in [0.717, 1.165) is 70.6 Å². The summed E-state index contributed by atoms with van der Waals surface area (Å²) >= 11 is 0. The summed E-state index contributed by atoms with van der Waals surface area (Å²) in [6, 6.07) is 0. The van der Waals surface area contributed by atoms with Crippen LogP contribution in [-0.4, -0.2) is 37.2 Å². The van der Waals surface area contributed by atoms with Gasteiger partial charge in [-0.2, -0.15) is 0 Å². The van der Waals surface area contributed by atoms with Crippen molar-refractivity contribution >= 4 is 17.9 Å². The number of hydrogen-bond donors (Lipinski definition) is 0. The van der Waals surface area contributed by atoms with Crippen LogP contribution in [0.15, 0.2) is 48.6 Å². The van der Waals surface area contributed by atoms with Gasteiger partial charge in [-0.3, -0.25) is 14.4 Å². The van der Waals surface area contributed by atoms with Gasteiger partial charge in [-0.25, -0.2) is 0 Å². The van der Waals surface area contributed by atoms with Crippen molar-refractivity contribution in [2.24, 2.45) is 0 Å². The Labute approximate surface area is 479 Å². The van der Waals surface area contributed by atoms with Crippen LogP contribution >= 0.6 is 0 Å². The van der Waals surface area contributed by atoms with Crippen LogP contribution in [0.4, 0.5) is 0 Å². The minimum Gasteiger partial charge on any atom is -0.462 e. The van der Waals surface area contributed by atoms with Gasteiger partial charge in [-0.1, -0.05) is 301 Å². The van der Waals surface area contributed by atoms with Crippen molar-refractivity contribution in [3.05, 3.63) is 48.6 Å². The first-order valence-corrected chi connectivity index (χ1v) is 34.1. The highest BCUT2D eigenvalue weighted by Gasteiger charge is 2.19. The highest BCUT2D eigenvalue weighted by Crippen LogP contribution is 2.18. The molecule has 0 N–H and O–H groups in total. The maximum Gasteiger partial charge on any atom is 0.306 e. The number of carbonyl (C=O) groups excluding carboxylic acids is 3. The van der Waals surface area contributed by atoms with Crippen molar-refractivity contribution in [1.82, 2.24) is 0 Å². The molecule has 0 amide bonds. The van der Waals surface area contributed by atoms with E-state index < -0.39 is 6.10 Å².